The Hall–Kier alpha value is 1.94. The summed E-state index contributed by atoms with van der Waals surface area (Å²) in [5.74, 6) is 5.13. The van der Waals surface area contributed by atoms with E-state index < -0.39 is 12.3 Å². The lowest BCUT2D eigenvalue weighted by atomic mass is 9.65. The Morgan fingerprint density at radius 2 is 0.607 bits per heavy atom. The van der Waals surface area contributed by atoms with Gasteiger partial charge in [0, 0.05) is 50.5 Å². The largest absolute Gasteiger partial charge is 0.382 e. The average molecular weight is 1320 g/mol. The predicted molar refractivity (Wildman–Crippen MR) is 419 cm³/mol. The van der Waals surface area contributed by atoms with Gasteiger partial charge in [-0.15, -0.1) is 0 Å². The van der Waals surface area contributed by atoms with E-state index in [1.807, 2.05) is 98.3 Å². The SMILES string of the molecule is CC(C)(C)OC(C)(C)C.CC(C)(C)SC(C)(C)C.CCCSC.CCCSC.CCOCC.CCSCC.COC(C)(C)C(C)(C)C.COC(C)(C)C(C)(C)C.CSC(C)(C)C(C)(C)C.CSC(C)(C)C(C)(C)C.[2H]C([2H])([2H])C(C)(C)C(C)(CC)CC. The highest BCUT2D eigenvalue weighted by atomic mass is 32.2. The van der Waals surface area contributed by atoms with Gasteiger partial charge in [-0.05, 0) is 176 Å². The highest BCUT2D eigenvalue weighted by molar-refractivity contribution is 8.02. The summed E-state index contributed by atoms with van der Waals surface area (Å²) in [7, 11) is 3.51. The first-order chi connectivity index (χ1) is 37.9. The topological polar surface area (TPSA) is 36.9 Å². The number of hydrogen-bond donors (Lipinski definition) is 0. The van der Waals surface area contributed by atoms with Crippen LogP contribution in [-0.4, -0.2) is 117 Å². The minimum Gasteiger partial charge on any atom is -0.382 e. The fourth-order valence-electron chi connectivity index (χ4n) is 5.01. The molecule has 0 amide bonds. The minimum absolute atomic E-state index is 0.0156. The summed E-state index contributed by atoms with van der Waals surface area (Å²) < 4.78 is 45.2. The van der Waals surface area contributed by atoms with Crippen molar-refractivity contribution < 1.29 is 23.1 Å². The quantitative estimate of drug-likeness (QED) is 0.168. The molecule has 0 bridgehead atoms. The van der Waals surface area contributed by atoms with Gasteiger partial charge in [0.05, 0.1) is 22.4 Å². The van der Waals surface area contributed by atoms with Crippen LogP contribution in [0.1, 0.15) is 334 Å². The highest BCUT2D eigenvalue weighted by Crippen LogP contribution is 2.44. The summed E-state index contributed by atoms with van der Waals surface area (Å²) >= 11 is 11.6. The minimum atomic E-state index is -1.87. The molecule has 0 heterocycles. The van der Waals surface area contributed by atoms with E-state index in [1.165, 1.54) is 35.9 Å². The van der Waals surface area contributed by atoms with Crippen molar-refractivity contribution in [2.45, 2.75) is 372 Å². The van der Waals surface area contributed by atoms with Gasteiger partial charge in [0.2, 0.25) is 0 Å². The van der Waals surface area contributed by atoms with Gasteiger partial charge in [0.25, 0.3) is 0 Å². The molecule has 0 N–H and O–H groups in total. The second-order valence-electron chi connectivity index (χ2n) is 32.0. The summed E-state index contributed by atoms with van der Waals surface area (Å²) in [4.78, 5) is 0. The lowest BCUT2D eigenvalue weighted by molar-refractivity contribution is -0.102. The van der Waals surface area contributed by atoms with Crippen LogP contribution in [0.3, 0.4) is 0 Å². The fraction of sp³-hybridized carbons (Fsp3) is 1.00. The van der Waals surface area contributed by atoms with Gasteiger partial charge in [-0.2, -0.15) is 70.6 Å². The van der Waals surface area contributed by atoms with Gasteiger partial charge >= 0.3 is 0 Å². The molecule has 0 aliphatic rings. The van der Waals surface area contributed by atoms with E-state index in [2.05, 4.69) is 295 Å². The Balaban J connectivity index is -0.0000000821. The van der Waals surface area contributed by atoms with Crippen molar-refractivity contribution in [3.63, 3.8) is 0 Å². The van der Waals surface area contributed by atoms with Gasteiger partial charge in [0.15, 0.2) is 0 Å². The molecule has 526 valence electrons. The molecular formula is C74H170O4S6. The summed E-state index contributed by atoms with van der Waals surface area (Å²) in [6.07, 6.45) is 13.0. The van der Waals surface area contributed by atoms with Crippen molar-refractivity contribution in [2.24, 2.45) is 32.5 Å². The summed E-state index contributed by atoms with van der Waals surface area (Å²) in [6.45, 7) is 92.7. The van der Waals surface area contributed by atoms with Crippen molar-refractivity contribution in [3.8, 4) is 0 Å². The third kappa shape index (κ3) is 80.0. The van der Waals surface area contributed by atoms with Crippen molar-refractivity contribution >= 4 is 70.6 Å². The van der Waals surface area contributed by atoms with Crippen LogP contribution < -0.4 is 0 Å². The van der Waals surface area contributed by atoms with Crippen LogP contribution in [0.4, 0.5) is 0 Å². The molecule has 0 unspecified atom stereocenters. The molecule has 0 aliphatic heterocycles. The fourth-order valence-corrected chi connectivity index (χ4v) is 9.30. The maximum absolute atomic E-state index is 7.53. The predicted octanol–water partition coefficient (Wildman–Crippen LogP) is 27.4. The summed E-state index contributed by atoms with van der Waals surface area (Å²) in [6, 6.07) is 0. The first kappa shape index (κ1) is 102. The molecule has 0 aromatic heterocycles. The van der Waals surface area contributed by atoms with Crippen molar-refractivity contribution in [1.29, 1.82) is 0 Å². The zero-order valence-corrected chi connectivity index (χ0v) is 72.6. The van der Waals surface area contributed by atoms with Gasteiger partial charge in [0.1, 0.15) is 0 Å². The first-order valence-electron chi connectivity index (χ1n) is 33.7. The number of hydrogen-bond acceptors (Lipinski definition) is 10. The third-order valence-electron chi connectivity index (χ3n) is 15.2. The molecule has 0 saturated carbocycles. The van der Waals surface area contributed by atoms with E-state index in [-0.39, 0.29) is 38.6 Å². The van der Waals surface area contributed by atoms with Crippen LogP contribution in [0.15, 0.2) is 0 Å². The van der Waals surface area contributed by atoms with E-state index in [0.29, 0.717) is 29.8 Å². The number of thioether (sulfide) groups is 6. The van der Waals surface area contributed by atoms with E-state index >= 15 is 0 Å². The van der Waals surface area contributed by atoms with E-state index in [4.69, 9.17) is 23.1 Å². The number of methoxy groups -OCH3 is 2. The molecule has 0 atom stereocenters. The lowest BCUT2D eigenvalue weighted by Gasteiger charge is -2.40. The Bertz CT molecular complexity index is 1270. The maximum Gasteiger partial charge on any atom is 0.0670 e. The molecule has 0 saturated heterocycles. The Morgan fingerprint density at radius 3 is 0.619 bits per heavy atom. The standard InChI is InChI=1S/C10H22.3C8H18O.3C8H18S.C4H10O.3C4H10S/c1-7-10(6,8-2)9(3,4)5;2*1-7(2,3)8(4,5)9-6;1-7(2,3)9-8(4,5)6;2*1-7(2,3)8(4,5)9-6;1-7(2,3)9-8(4,5)6;1-3-5-4-2;2*1-3-4-5-2;1-3-5-4-2/h7-8H2,1-6H3;6*1-6H3;4*3-4H2,1-2H3/i3D3;;;;;;;;;;. The van der Waals surface area contributed by atoms with Crippen LogP contribution in [-0.2, 0) is 18.9 Å². The second-order valence-corrected chi connectivity index (χ2v) is 41.0. The second kappa shape index (κ2) is 53.3. The molecule has 0 spiro atoms. The van der Waals surface area contributed by atoms with Crippen LogP contribution in [0.5, 0.6) is 0 Å². The Kier molecular flexibility index (Phi) is 64.8. The van der Waals surface area contributed by atoms with Gasteiger partial charge in [-0.25, -0.2) is 0 Å². The average Bonchev–Trinajstić information content (AvgIpc) is 3.30. The zero-order valence-electron chi connectivity index (χ0n) is 70.7. The monoisotopic (exact) mass is 1320 g/mol. The van der Waals surface area contributed by atoms with Gasteiger partial charge in [-0.3, -0.25) is 0 Å². The first-order valence-corrected chi connectivity index (χ1v) is 39.4. The molecule has 0 aromatic rings. The molecule has 0 aromatic carbocycles. The molecule has 0 aliphatic carbocycles. The lowest BCUT2D eigenvalue weighted by Crippen LogP contribution is -2.38. The number of rotatable bonds is 14. The third-order valence-corrected chi connectivity index (χ3v) is 22.1. The molecular weight excluding hydrogens is 1150 g/mol. The molecule has 0 rings (SSSR count). The number of ether oxygens (including phenoxy) is 4. The summed E-state index contributed by atoms with van der Waals surface area (Å²) in [5, 5.41) is 0. The Morgan fingerprint density at radius 1 is 0.357 bits per heavy atom. The van der Waals surface area contributed by atoms with Gasteiger partial charge < -0.3 is 18.9 Å². The van der Waals surface area contributed by atoms with Crippen molar-refractivity contribution in [1.82, 2.24) is 0 Å². The van der Waals surface area contributed by atoms with Crippen LogP contribution >= 0.6 is 70.6 Å². The molecule has 84 heavy (non-hydrogen) atoms. The normalized spacial score (nSPS) is 13.3. The molecule has 0 radical (unpaired) electrons. The summed E-state index contributed by atoms with van der Waals surface area (Å²) in [5.41, 5.74) is 0.487. The van der Waals surface area contributed by atoms with Crippen LogP contribution in [0, 0.1) is 32.5 Å². The zero-order chi connectivity index (χ0) is 73.6. The molecule has 4 nitrogen and oxygen atoms in total. The van der Waals surface area contributed by atoms with Crippen molar-refractivity contribution in [3.05, 3.63) is 0 Å². The van der Waals surface area contributed by atoms with Crippen molar-refractivity contribution in [2.75, 3.05) is 75.5 Å². The molecule has 10 heteroatoms. The van der Waals surface area contributed by atoms with Gasteiger partial charge in [-0.1, -0.05) is 234 Å². The molecule has 0 fully saturated rings. The highest BCUT2D eigenvalue weighted by Gasteiger charge is 2.35. The van der Waals surface area contributed by atoms with E-state index in [9.17, 15) is 0 Å². The smallest absolute Gasteiger partial charge is 0.0670 e. The van der Waals surface area contributed by atoms with E-state index in [1.54, 1.807) is 14.2 Å². The van der Waals surface area contributed by atoms with Crippen LogP contribution in [0.25, 0.3) is 0 Å². The Labute approximate surface area is 569 Å². The maximum atomic E-state index is 7.53. The van der Waals surface area contributed by atoms with Crippen LogP contribution in [0.2, 0.25) is 0 Å². The van der Waals surface area contributed by atoms with E-state index in [0.717, 1.165) is 26.1 Å².